The molecule has 2 aliphatic rings. The van der Waals surface area contributed by atoms with Crippen molar-refractivity contribution in [1.29, 1.82) is 0 Å². The molecule has 0 atom stereocenters. The SMILES string of the molecule is O=C=NC1(c2ccc3c(c2)SCC3)CCC1. The van der Waals surface area contributed by atoms with Gasteiger partial charge in [-0.2, -0.15) is 4.99 Å². The minimum absolute atomic E-state index is 0.236. The van der Waals surface area contributed by atoms with Gasteiger partial charge < -0.3 is 0 Å². The van der Waals surface area contributed by atoms with E-state index in [-0.39, 0.29) is 5.54 Å². The first-order valence-corrected chi connectivity index (χ1v) is 6.68. The van der Waals surface area contributed by atoms with Crippen molar-refractivity contribution < 1.29 is 4.79 Å². The largest absolute Gasteiger partial charge is 0.235 e. The molecule has 0 saturated heterocycles. The molecule has 1 saturated carbocycles. The maximum atomic E-state index is 10.5. The van der Waals surface area contributed by atoms with Gasteiger partial charge in [-0.05, 0) is 42.9 Å². The van der Waals surface area contributed by atoms with Gasteiger partial charge in [-0.1, -0.05) is 12.1 Å². The first-order chi connectivity index (χ1) is 7.84. The lowest BCUT2D eigenvalue weighted by Crippen LogP contribution is -2.31. The van der Waals surface area contributed by atoms with E-state index in [0.29, 0.717) is 0 Å². The van der Waals surface area contributed by atoms with E-state index in [2.05, 4.69) is 23.2 Å². The quantitative estimate of drug-likeness (QED) is 0.578. The summed E-state index contributed by atoms with van der Waals surface area (Å²) in [7, 11) is 0. The van der Waals surface area contributed by atoms with Crippen LogP contribution in [0.4, 0.5) is 0 Å². The van der Waals surface area contributed by atoms with Gasteiger partial charge in [0.15, 0.2) is 0 Å². The molecule has 0 aromatic heterocycles. The van der Waals surface area contributed by atoms with Gasteiger partial charge in [-0.25, -0.2) is 4.79 Å². The van der Waals surface area contributed by atoms with Crippen LogP contribution in [0.25, 0.3) is 0 Å². The van der Waals surface area contributed by atoms with Crippen LogP contribution in [0.3, 0.4) is 0 Å². The summed E-state index contributed by atoms with van der Waals surface area (Å²) < 4.78 is 0. The second-order valence-corrected chi connectivity index (χ2v) is 5.65. The Balaban J connectivity index is 2.03. The molecule has 82 valence electrons. The molecule has 0 N–H and O–H groups in total. The van der Waals surface area contributed by atoms with Crippen molar-refractivity contribution in [3.05, 3.63) is 29.3 Å². The highest BCUT2D eigenvalue weighted by molar-refractivity contribution is 7.99. The van der Waals surface area contributed by atoms with Crippen molar-refractivity contribution in [2.24, 2.45) is 4.99 Å². The van der Waals surface area contributed by atoms with Gasteiger partial charge >= 0.3 is 0 Å². The van der Waals surface area contributed by atoms with Gasteiger partial charge in [-0.15, -0.1) is 11.8 Å². The second-order valence-electron chi connectivity index (χ2n) is 4.51. The predicted octanol–water partition coefficient (Wildman–Crippen LogP) is 3.05. The Hall–Kier alpha value is -1.05. The van der Waals surface area contributed by atoms with Gasteiger partial charge in [-0.3, -0.25) is 0 Å². The van der Waals surface area contributed by atoms with Crippen LogP contribution in [0.1, 0.15) is 30.4 Å². The molecule has 1 aromatic rings. The van der Waals surface area contributed by atoms with Gasteiger partial charge in [0.05, 0.1) is 5.54 Å². The second kappa shape index (κ2) is 3.76. The van der Waals surface area contributed by atoms with E-state index >= 15 is 0 Å². The lowest BCUT2D eigenvalue weighted by atomic mass is 9.72. The fraction of sp³-hybridized carbons (Fsp3) is 0.462. The summed E-state index contributed by atoms with van der Waals surface area (Å²) in [5, 5.41) is 0. The predicted molar refractivity (Wildman–Crippen MR) is 64.5 cm³/mol. The van der Waals surface area contributed by atoms with Crippen LogP contribution in [0, 0.1) is 0 Å². The lowest BCUT2D eigenvalue weighted by Gasteiger charge is -2.37. The molecule has 1 heterocycles. The lowest BCUT2D eigenvalue weighted by molar-refractivity contribution is 0.255. The summed E-state index contributed by atoms with van der Waals surface area (Å²) in [5.74, 6) is 1.18. The number of thioether (sulfide) groups is 1. The van der Waals surface area contributed by atoms with E-state index in [1.807, 2.05) is 11.8 Å². The number of isocyanates is 1. The maximum absolute atomic E-state index is 10.5. The molecule has 3 heteroatoms. The smallest absolute Gasteiger partial charge is 0.211 e. The summed E-state index contributed by atoms with van der Waals surface area (Å²) in [6.45, 7) is 0. The number of carbonyl (C=O) groups excluding carboxylic acids is 1. The van der Waals surface area contributed by atoms with Crippen molar-refractivity contribution in [3.8, 4) is 0 Å². The first-order valence-electron chi connectivity index (χ1n) is 5.69. The van der Waals surface area contributed by atoms with E-state index in [4.69, 9.17) is 0 Å². The van der Waals surface area contributed by atoms with Crippen molar-refractivity contribution in [2.75, 3.05) is 5.75 Å². The Kier molecular flexibility index (Phi) is 2.38. The van der Waals surface area contributed by atoms with Crippen molar-refractivity contribution >= 4 is 17.8 Å². The third kappa shape index (κ3) is 1.43. The molecule has 1 fully saturated rings. The Labute approximate surface area is 99.2 Å². The number of benzene rings is 1. The molecule has 0 unspecified atom stereocenters. The van der Waals surface area contributed by atoms with Crippen molar-refractivity contribution in [2.45, 2.75) is 36.1 Å². The summed E-state index contributed by atoms with van der Waals surface area (Å²) in [4.78, 5) is 15.9. The third-order valence-electron chi connectivity index (χ3n) is 3.67. The Morgan fingerprint density at radius 1 is 1.38 bits per heavy atom. The minimum Gasteiger partial charge on any atom is -0.211 e. The van der Waals surface area contributed by atoms with E-state index in [1.165, 1.54) is 28.2 Å². The molecule has 1 aromatic carbocycles. The van der Waals surface area contributed by atoms with Crippen molar-refractivity contribution in [3.63, 3.8) is 0 Å². The number of nitrogens with zero attached hydrogens (tertiary/aromatic N) is 1. The molecule has 16 heavy (non-hydrogen) atoms. The van der Waals surface area contributed by atoms with E-state index in [1.54, 1.807) is 6.08 Å². The third-order valence-corrected chi connectivity index (χ3v) is 4.77. The molecular formula is C13H13NOS. The average molecular weight is 231 g/mol. The first kappa shape index (κ1) is 10.1. The number of fused-ring (bicyclic) bond motifs is 1. The van der Waals surface area contributed by atoms with Crippen LogP contribution in [-0.4, -0.2) is 11.8 Å². The maximum Gasteiger partial charge on any atom is 0.235 e. The fourth-order valence-electron chi connectivity index (χ4n) is 2.52. The molecule has 1 aliphatic carbocycles. The molecule has 2 nitrogen and oxygen atoms in total. The topological polar surface area (TPSA) is 29.4 Å². The number of aliphatic imine (C=N–C) groups is 1. The summed E-state index contributed by atoms with van der Waals surface area (Å²) >= 11 is 1.91. The van der Waals surface area contributed by atoms with Gasteiger partial charge in [0, 0.05) is 10.6 Å². The minimum atomic E-state index is -0.236. The standard InChI is InChI=1S/C13H13NOS/c15-9-14-13(5-1-6-13)11-3-2-10-4-7-16-12(10)8-11/h2-3,8H,1,4-7H2. The van der Waals surface area contributed by atoms with Crippen LogP contribution < -0.4 is 0 Å². The van der Waals surface area contributed by atoms with Crippen LogP contribution >= 0.6 is 11.8 Å². The Morgan fingerprint density at radius 3 is 2.94 bits per heavy atom. The normalized spacial score (nSPS) is 20.8. The molecule has 0 bridgehead atoms. The van der Waals surface area contributed by atoms with E-state index < -0.39 is 0 Å². The molecular weight excluding hydrogens is 218 g/mol. The van der Waals surface area contributed by atoms with Crippen LogP contribution in [-0.2, 0) is 16.8 Å². The molecule has 0 spiro atoms. The van der Waals surface area contributed by atoms with Crippen LogP contribution in [0.2, 0.25) is 0 Å². The molecule has 3 rings (SSSR count). The molecule has 1 aliphatic heterocycles. The van der Waals surface area contributed by atoms with Gasteiger partial charge in [0.1, 0.15) is 0 Å². The molecule has 0 radical (unpaired) electrons. The summed E-state index contributed by atoms with van der Waals surface area (Å²) in [6.07, 6.45) is 6.06. The number of aryl methyl sites for hydroxylation is 1. The molecule has 0 amide bonds. The zero-order valence-electron chi connectivity index (χ0n) is 9.03. The number of rotatable bonds is 2. The number of hydrogen-bond acceptors (Lipinski definition) is 3. The van der Waals surface area contributed by atoms with Crippen LogP contribution in [0.5, 0.6) is 0 Å². The highest BCUT2D eigenvalue weighted by Crippen LogP contribution is 2.46. The Bertz CT molecular complexity index is 473. The highest BCUT2D eigenvalue weighted by Gasteiger charge is 2.39. The van der Waals surface area contributed by atoms with Crippen LogP contribution in [0.15, 0.2) is 28.1 Å². The summed E-state index contributed by atoms with van der Waals surface area (Å²) in [5.41, 5.74) is 2.41. The highest BCUT2D eigenvalue weighted by atomic mass is 32.2. The monoisotopic (exact) mass is 231 g/mol. The van der Waals surface area contributed by atoms with Crippen molar-refractivity contribution in [1.82, 2.24) is 0 Å². The zero-order valence-corrected chi connectivity index (χ0v) is 9.85. The van der Waals surface area contributed by atoms with E-state index in [9.17, 15) is 4.79 Å². The Morgan fingerprint density at radius 2 is 2.25 bits per heavy atom. The summed E-state index contributed by atoms with van der Waals surface area (Å²) in [6, 6.07) is 6.57. The zero-order chi connectivity index (χ0) is 11.0. The number of hydrogen-bond donors (Lipinski definition) is 0. The van der Waals surface area contributed by atoms with E-state index in [0.717, 1.165) is 19.3 Å². The van der Waals surface area contributed by atoms with Gasteiger partial charge in [0.2, 0.25) is 6.08 Å². The van der Waals surface area contributed by atoms with Gasteiger partial charge in [0.25, 0.3) is 0 Å². The average Bonchev–Trinajstić information content (AvgIpc) is 2.70. The fourth-order valence-corrected chi connectivity index (χ4v) is 3.63.